The van der Waals surface area contributed by atoms with Gasteiger partial charge in [0.25, 0.3) is 0 Å². The Kier molecular flexibility index (Phi) is 7.72. The van der Waals surface area contributed by atoms with Crippen LogP contribution in [0.2, 0.25) is 0 Å². The van der Waals surface area contributed by atoms with Gasteiger partial charge in [0.05, 0.1) is 13.4 Å². The number of ether oxygens (including phenoxy) is 3. The molecule has 0 aliphatic heterocycles. The van der Waals surface area contributed by atoms with E-state index in [4.69, 9.17) is 9.47 Å². The molecule has 2 aromatic rings. The van der Waals surface area contributed by atoms with Gasteiger partial charge >= 0.3 is 12.6 Å². The first-order valence-electron chi connectivity index (χ1n) is 8.00. The van der Waals surface area contributed by atoms with Crippen molar-refractivity contribution in [2.45, 2.75) is 19.6 Å². The number of methoxy groups -OCH3 is 1. The summed E-state index contributed by atoms with van der Waals surface area (Å²) >= 11 is 1.21. The van der Waals surface area contributed by atoms with Gasteiger partial charge in [0, 0.05) is 11.4 Å². The minimum Gasteiger partial charge on any atom is -0.493 e. The third kappa shape index (κ3) is 7.06. The largest absolute Gasteiger partial charge is 0.493 e. The van der Waals surface area contributed by atoms with E-state index in [9.17, 15) is 22.0 Å². The topological polar surface area (TPSA) is 90.9 Å². The summed E-state index contributed by atoms with van der Waals surface area (Å²) in [6.45, 7) is -2.81. The number of benzene rings is 1. The van der Waals surface area contributed by atoms with Crippen LogP contribution < -0.4 is 14.2 Å². The smallest absolute Gasteiger partial charge is 0.387 e. The molecule has 0 saturated carbocycles. The molecule has 1 heterocycles. The SMILES string of the molecule is COc1cc(COC(=O)c2ccc(CCNS(C)(=O)=O)s2)ccc1OC(F)F. The number of alkyl halides is 2. The van der Waals surface area contributed by atoms with Crippen molar-refractivity contribution >= 4 is 27.3 Å². The van der Waals surface area contributed by atoms with Crippen molar-refractivity contribution in [3.63, 3.8) is 0 Å². The number of carbonyl (C=O) groups is 1. The molecule has 0 amide bonds. The van der Waals surface area contributed by atoms with Crippen LogP contribution in [0.3, 0.4) is 0 Å². The first kappa shape index (κ1) is 22.1. The van der Waals surface area contributed by atoms with Crippen molar-refractivity contribution < 1.29 is 36.2 Å². The minimum atomic E-state index is -3.26. The number of hydrogen-bond donors (Lipinski definition) is 1. The van der Waals surface area contributed by atoms with Crippen LogP contribution in [0.1, 0.15) is 20.1 Å². The Morgan fingerprint density at radius 1 is 1.21 bits per heavy atom. The quantitative estimate of drug-likeness (QED) is 0.577. The highest BCUT2D eigenvalue weighted by Gasteiger charge is 2.14. The van der Waals surface area contributed by atoms with Crippen LogP contribution in [-0.4, -0.2) is 40.9 Å². The molecule has 0 saturated heterocycles. The number of halogens is 2. The van der Waals surface area contributed by atoms with E-state index in [2.05, 4.69) is 9.46 Å². The molecule has 154 valence electrons. The van der Waals surface area contributed by atoms with Crippen molar-refractivity contribution in [3.8, 4) is 11.5 Å². The van der Waals surface area contributed by atoms with Crippen LogP contribution in [0, 0.1) is 0 Å². The predicted molar refractivity (Wildman–Crippen MR) is 99.6 cm³/mol. The van der Waals surface area contributed by atoms with Gasteiger partial charge in [-0.15, -0.1) is 11.3 Å². The molecule has 0 aliphatic carbocycles. The van der Waals surface area contributed by atoms with Crippen LogP contribution in [0.4, 0.5) is 8.78 Å². The molecule has 0 radical (unpaired) electrons. The Morgan fingerprint density at radius 3 is 2.61 bits per heavy atom. The maximum absolute atomic E-state index is 12.3. The van der Waals surface area contributed by atoms with E-state index in [1.807, 2.05) is 0 Å². The maximum atomic E-state index is 12.3. The zero-order chi connectivity index (χ0) is 20.7. The van der Waals surface area contributed by atoms with Gasteiger partial charge in [0.15, 0.2) is 11.5 Å². The predicted octanol–water partition coefficient (Wildman–Crippen LogP) is 2.81. The van der Waals surface area contributed by atoms with E-state index >= 15 is 0 Å². The Hall–Kier alpha value is -2.24. The lowest BCUT2D eigenvalue weighted by Gasteiger charge is -2.11. The van der Waals surface area contributed by atoms with Gasteiger partial charge in [-0.1, -0.05) is 6.07 Å². The summed E-state index contributed by atoms with van der Waals surface area (Å²) in [5, 5.41) is 0. The second-order valence-electron chi connectivity index (χ2n) is 5.62. The van der Waals surface area contributed by atoms with Crippen LogP contribution >= 0.6 is 11.3 Å². The first-order valence-corrected chi connectivity index (χ1v) is 10.7. The fourth-order valence-corrected chi connectivity index (χ4v) is 3.57. The number of carbonyl (C=O) groups excluding carboxylic acids is 1. The first-order chi connectivity index (χ1) is 13.2. The molecule has 0 fully saturated rings. The number of sulfonamides is 1. The highest BCUT2D eigenvalue weighted by atomic mass is 32.2. The van der Waals surface area contributed by atoms with Gasteiger partial charge in [0.2, 0.25) is 10.0 Å². The van der Waals surface area contributed by atoms with E-state index in [0.29, 0.717) is 16.9 Å². The summed E-state index contributed by atoms with van der Waals surface area (Å²) in [5.74, 6) is -0.553. The lowest BCUT2D eigenvalue weighted by atomic mass is 10.2. The van der Waals surface area contributed by atoms with E-state index in [1.165, 1.54) is 36.6 Å². The monoisotopic (exact) mass is 435 g/mol. The second kappa shape index (κ2) is 9.80. The summed E-state index contributed by atoms with van der Waals surface area (Å²) in [5.41, 5.74) is 0.543. The number of rotatable bonds is 10. The zero-order valence-corrected chi connectivity index (χ0v) is 16.7. The van der Waals surface area contributed by atoms with Crippen LogP contribution in [-0.2, 0) is 27.8 Å². The fourth-order valence-electron chi connectivity index (χ4n) is 2.20. The number of nitrogens with one attached hydrogen (secondary N) is 1. The van der Waals surface area contributed by atoms with Crippen LogP contribution in [0.5, 0.6) is 11.5 Å². The summed E-state index contributed by atoms with van der Waals surface area (Å²) < 4.78 is 63.7. The normalized spacial score (nSPS) is 11.5. The molecule has 2 rings (SSSR count). The maximum Gasteiger partial charge on any atom is 0.387 e. The Labute approximate surface area is 165 Å². The van der Waals surface area contributed by atoms with Crippen molar-refractivity contribution in [2.75, 3.05) is 19.9 Å². The molecule has 1 N–H and O–H groups in total. The average Bonchev–Trinajstić information content (AvgIpc) is 3.08. The molecule has 1 aromatic heterocycles. The van der Waals surface area contributed by atoms with Gasteiger partial charge < -0.3 is 14.2 Å². The van der Waals surface area contributed by atoms with Gasteiger partial charge in [-0.3, -0.25) is 0 Å². The third-order valence-corrected chi connectivity index (χ3v) is 5.27. The minimum absolute atomic E-state index is 0.0764. The molecular weight excluding hydrogens is 416 g/mol. The van der Waals surface area contributed by atoms with E-state index in [0.717, 1.165) is 11.1 Å². The average molecular weight is 435 g/mol. The van der Waals surface area contributed by atoms with E-state index in [1.54, 1.807) is 12.1 Å². The van der Waals surface area contributed by atoms with Crippen LogP contribution in [0.15, 0.2) is 30.3 Å². The lowest BCUT2D eigenvalue weighted by molar-refractivity contribution is -0.0512. The number of thiophene rings is 1. The standard InChI is InChI=1S/C17H19F2NO6S2/c1-24-14-9-11(3-5-13(14)26-17(18)19)10-25-16(21)15-6-4-12(27-15)7-8-20-28(2,22)23/h3-6,9,17,20H,7-8,10H2,1-2H3. The Bertz CT molecular complexity index is 914. The highest BCUT2D eigenvalue weighted by molar-refractivity contribution is 7.88. The molecule has 0 bridgehead atoms. The Morgan fingerprint density at radius 2 is 1.96 bits per heavy atom. The Balaban J connectivity index is 1.91. The molecule has 1 aromatic carbocycles. The summed E-state index contributed by atoms with van der Waals surface area (Å²) in [6, 6.07) is 7.58. The highest BCUT2D eigenvalue weighted by Crippen LogP contribution is 2.30. The molecule has 11 heteroatoms. The van der Waals surface area contributed by atoms with Crippen molar-refractivity contribution in [2.24, 2.45) is 0 Å². The van der Waals surface area contributed by atoms with Gasteiger partial charge in [0.1, 0.15) is 11.5 Å². The third-order valence-electron chi connectivity index (χ3n) is 3.41. The van der Waals surface area contributed by atoms with E-state index in [-0.39, 0.29) is 24.7 Å². The number of hydrogen-bond acceptors (Lipinski definition) is 7. The van der Waals surface area contributed by atoms with Gasteiger partial charge in [-0.25, -0.2) is 17.9 Å². The summed E-state index contributed by atoms with van der Waals surface area (Å²) in [7, 11) is -1.94. The molecule has 7 nitrogen and oxygen atoms in total. The molecule has 0 unspecified atom stereocenters. The molecule has 0 spiro atoms. The van der Waals surface area contributed by atoms with Crippen LogP contribution in [0.25, 0.3) is 0 Å². The lowest BCUT2D eigenvalue weighted by Crippen LogP contribution is -2.23. The molecular formula is C17H19F2NO6S2. The number of esters is 1. The van der Waals surface area contributed by atoms with E-state index < -0.39 is 22.6 Å². The second-order valence-corrected chi connectivity index (χ2v) is 8.62. The van der Waals surface area contributed by atoms with Crippen molar-refractivity contribution in [1.29, 1.82) is 0 Å². The van der Waals surface area contributed by atoms with Crippen molar-refractivity contribution in [1.82, 2.24) is 4.72 Å². The van der Waals surface area contributed by atoms with Gasteiger partial charge in [-0.2, -0.15) is 8.78 Å². The fraction of sp³-hybridized carbons (Fsp3) is 0.353. The summed E-state index contributed by atoms with van der Waals surface area (Å²) in [6.07, 6.45) is 1.53. The molecule has 28 heavy (non-hydrogen) atoms. The molecule has 0 atom stereocenters. The van der Waals surface area contributed by atoms with Crippen molar-refractivity contribution in [3.05, 3.63) is 45.6 Å². The summed E-state index contributed by atoms with van der Waals surface area (Å²) in [4.78, 5) is 13.4. The van der Waals surface area contributed by atoms with Gasteiger partial charge in [-0.05, 0) is 36.2 Å². The molecule has 0 aliphatic rings. The zero-order valence-electron chi connectivity index (χ0n) is 15.1.